The summed E-state index contributed by atoms with van der Waals surface area (Å²) in [6.45, 7) is -0.232. The van der Waals surface area contributed by atoms with Crippen LogP contribution in [-0.4, -0.2) is 12.6 Å². The lowest BCUT2D eigenvalue weighted by Gasteiger charge is -1.93. The Morgan fingerprint density at radius 3 is 3.18 bits per heavy atom. The van der Waals surface area contributed by atoms with Crippen LogP contribution in [0.3, 0.4) is 0 Å². The summed E-state index contributed by atoms with van der Waals surface area (Å²) < 4.78 is 9.11. The largest absolute Gasteiger partial charge is 0.472 e. The first-order valence-electron chi connectivity index (χ1n) is 2.91. The van der Waals surface area contributed by atoms with Crippen LogP contribution in [0.2, 0.25) is 0 Å². The fraction of sp³-hybridized carbons (Fsp3) is 0.143. The second kappa shape index (κ2) is 3.42. The van der Waals surface area contributed by atoms with Crippen LogP contribution < -0.4 is 0 Å². The summed E-state index contributed by atoms with van der Waals surface area (Å²) in [4.78, 5) is 10.8. The number of nitrogens with zero attached hydrogens (tertiary/aromatic N) is 1. The molecule has 0 spiro atoms. The fourth-order valence-corrected chi connectivity index (χ4v) is 0.562. The molecule has 1 heterocycles. The summed E-state index contributed by atoms with van der Waals surface area (Å²) >= 11 is 0. The van der Waals surface area contributed by atoms with E-state index in [9.17, 15) is 4.79 Å². The Morgan fingerprint density at radius 1 is 1.82 bits per heavy atom. The lowest BCUT2D eigenvalue weighted by molar-refractivity contribution is 0.0554. The van der Waals surface area contributed by atoms with Crippen LogP contribution in [0.4, 0.5) is 0 Å². The number of esters is 1. The Morgan fingerprint density at radius 2 is 2.64 bits per heavy atom. The molecule has 0 fully saturated rings. The highest BCUT2D eigenvalue weighted by molar-refractivity contribution is 5.88. The SMILES string of the molecule is N#CCOC(=O)c1ccoc1. The molecule has 0 atom stereocenters. The molecule has 0 N–H and O–H groups in total. The van der Waals surface area contributed by atoms with Gasteiger partial charge in [-0.05, 0) is 6.07 Å². The van der Waals surface area contributed by atoms with Crippen LogP contribution >= 0.6 is 0 Å². The van der Waals surface area contributed by atoms with E-state index >= 15 is 0 Å². The van der Waals surface area contributed by atoms with Crippen molar-refractivity contribution in [1.29, 1.82) is 5.26 Å². The summed E-state index contributed by atoms with van der Waals surface area (Å²) in [6.07, 6.45) is 2.63. The number of nitriles is 1. The highest BCUT2D eigenvalue weighted by Crippen LogP contribution is 2.01. The molecule has 4 nitrogen and oxygen atoms in total. The minimum atomic E-state index is -0.541. The lowest BCUT2D eigenvalue weighted by atomic mass is 10.3. The van der Waals surface area contributed by atoms with E-state index in [-0.39, 0.29) is 6.61 Å². The number of ether oxygens (including phenoxy) is 1. The fourth-order valence-electron chi connectivity index (χ4n) is 0.562. The maximum Gasteiger partial charge on any atom is 0.342 e. The molecule has 1 rings (SSSR count). The van der Waals surface area contributed by atoms with E-state index in [0.717, 1.165) is 0 Å². The Labute approximate surface area is 63.0 Å². The van der Waals surface area contributed by atoms with Gasteiger partial charge in [-0.2, -0.15) is 5.26 Å². The zero-order chi connectivity index (χ0) is 8.10. The first-order valence-corrected chi connectivity index (χ1v) is 2.91. The van der Waals surface area contributed by atoms with Crippen molar-refractivity contribution in [3.05, 3.63) is 24.2 Å². The molecule has 0 amide bonds. The van der Waals surface area contributed by atoms with Gasteiger partial charge in [0.2, 0.25) is 0 Å². The van der Waals surface area contributed by atoms with Gasteiger partial charge in [-0.25, -0.2) is 4.79 Å². The molecule has 0 saturated heterocycles. The van der Waals surface area contributed by atoms with Gasteiger partial charge in [0.15, 0.2) is 6.61 Å². The van der Waals surface area contributed by atoms with Crippen LogP contribution in [-0.2, 0) is 4.74 Å². The van der Waals surface area contributed by atoms with E-state index in [4.69, 9.17) is 5.26 Å². The molecule has 0 saturated carbocycles. The van der Waals surface area contributed by atoms with Crippen LogP contribution in [0, 0.1) is 11.3 Å². The highest BCUT2D eigenvalue weighted by atomic mass is 16.5. The molecule has 0 aliphatic rings. The molecule has 1 aromatic rings. The monoisotopic (exact) mass is 151 g/mol. The lowest BCUT2D eigenvalue weighted by Crippen LogP contribution is -2.03. The van der Waals surface area contributed by atoms with Gasteiger partial charge in [0, 0.05) is 0 Å². The number of rotatable bonds is 2. The van der Waals surface area contributed by atoms with Crippen LogP contribution in [0.15, 0.2) is 23.0 Å². The molecular weight excluding hydrogens is 146 g/mol. The smallest absolute Gasteiger partial charge is 0.342 e. The molecule has 0 aliphatic carbocycles. The molecule has 1 aromatic heterocycles. The average molecular weight is 151 g/mol. The Kier molecular flexibility index (Phi) is 2.28. The molecule has 0 aliphatic heterocycles. The Bertz CT molecular complexity index is 270. The molecule has 0 radical (unpaired) electrons. The van der Waals surface area contributed by atoms with E-state index in [1.54, 1.807) is 6.07 Å². The first kappa shape index (κ1) is 7.35. The topological polar surface area (TPSA) is 63.2 Å². The van der Waals surface area contributed by atoms with Crippen molar-refractivity contribution in [2.24, 2.45) is 0 Å². The van der Waals surface area contributed by atoms with Gasteiger partial charge < -0.3 is 9.15 Å². The summed E-state index contributed by atoms with van der Waals surface area (Å²) in [5.41, 5.74) is 0.320. The molecule has 11 heavy (non-hydrogen) atoms. The quantitative estimate of drug-likeness (QED) is 0.590. The maximum absolute atomic E-state index is 10.8. The van der Waals surface area contributed by atoms with Gasteiger partial charge >= 0.3 is 5.97 Å². The third-order valence-corrected chi connectivity index (χ3v) is 1.02. The van der Waals surface area contributed by atoms with E-state index in [0.29, 0.717) is 5.56 Å². The third kappa shape index (κ3) is 1.83. The average Bonchev–Trinajstić information content (AvgIpc) is 2.52. The van der Waals surface area contributed by atoms with Crippen molar-refractivity contribution in [3.63, 3.8) is 0 Å². The van der Waals surface area contributed by atoms with Crippen molar-refractivity contribution >= 4 is 5.97 Å². The van der Waals surface area contributed by atoms with Crippen LogP contribution in [0.5, 0.6) is 0 Å². The molecule has 0 aromatic carbocycles. The molecular formula is C7H5NO3. The predicted octanol–water partition coefficient (Wildman–Crippen LogP) is 0.960. The number of furan rings is 1. The number of carbonyl (C=O) groups excluding carboxylic acids is 1. The maximum atomic E-state index is 10.8. The van der Waals surface area contributed by atoms with Crippen LogP contribution in [0.1, 0.15) is 10.4 Å². The van der Waals surface area contributed by atoms with Crippen molar-refractivity contribution in [2.45, 2.75) is 0 Å². The van der Waals surface area contributed by atoms with Gasteiger partial charge in [-0.1, -0.05) is 0 Å². The van der Waals surface area contributed by atoms with Crippen molar-refractivity contribution in [2.75, 3.05) is 6.61 Å². The molecule has 0 unspecified atom stereocenters. The minimum absolute atomic E-state index is 0.232. The van der Waals surface area contributed by atoms with Gasteiger partial charge in [-0.15, -0.1) is 0 Å². The predicted molar refractivity (Wildman–Crippen MR) is 34.6 cm³/mol. The normalized spacial score (nSPS) is 8.64. The van der Waals surface area contributed by atoms with Crippen LogP contribution in [0.25, 0.3) is 0 Å². The Hall–Kier alpha value is -1.76. The number of hydrogen-bond donors (Lipinski definition) is 0. The third-order valence-electron chi connectivity index (χ3n) is 1.02. The zero-order valence-electron chi connectivity index (χ0n) is 5.61. The molecule has 4 heteroatoms. The van der Waals surface area contributed by atoms with Crippen molar-refractivity contribution in [1.82, 2.24) is 0 Å². The van der Waals surface area contributed by atoms with Gasteiger partial charge in [0.05, 0.1) is 11.8 Å². The Balaban J connectivity index is 2.51. The second-order valence-corrected chi connectivity index (χ2v) is 1.75. The summed E-state index contributed by atoms with van der Waals surface area (Å²) in [6, 6.07) is 3.16. The van der Waals surface area contributed by atoms with Gasteiger partial charge in [0.25, 0.3) is 0 Å². The summed E-state index contributed by atoms with van der Waals surface area (Å²) in [7, 11) is 0. The second-order valence-electron chi connectivity index (χ2n) is 1.75. The molecule has 56 valence electrons. The van der Waals surface area contributed by atoms with E-state index in [1.807, 2.05) is 0 Å². The van der Waals surface area contributed by atoms with Gasteiger partial charge in [-0.3, -0.25) is 0 Å². The van der Waals surface area contributed by atoms with E-state index in [2.05, 4.69) is 9.15 Å². The zero-order valence-corrected chi connectivity index (χ0v) is 5.61. The van der Waals surface area contributed by atoms with E-state index in [1.165, 1.54) is 18.6 Å². The minimum Gasteiger partial charge on any atom is -0.472 e. The molecule has 0 bridgehead atoms. The number of hydrogen-bond acceptors (Lipinski definition) is 4. The van der Waals surface area contributed by atoms with Gasteiger partial charge in [0.1, 0.15) is 12.3 Å². The summed E-state index contributed by atoms with van der Waals surface area (Å²) in [5.74, 6) is -0.541. The standard InChI is InChI=1S/C7H5NO3/c8-2-4-11-7(9)6-1-3-10-5-6/h1,3,5H,4H2. The highest BCUT2D eigenvalue weighted by Gasteiger charge is 2.06. The van der Waals surface area contributed by atoms with Crippen molar-refractivity contribution in [3.8, 4) is 6.07 Å². The summed E-state index contributed by atoms with van der Waals surface area (Å²) in [5, 5.41) is 8.06. The van der Waals surface area contributed by atoms with Crippen molar-refractivity contribution < 1.29 is 13.9 Å². The number of carbonyl (C=O) groups is 1. The first-order chi connectivity index (χ1) is 5.34. The van der Waals surface area contributed by atoms with E-state index < -0.39 is 5.97 Å².